The normalized spacial score (nSPS) is 21.0. The van der Waals surface area contributed by atoms with Crippen molar-refractivity contribution in [2.45, 2.75) is 32.2 Å². The Morgan fingerprint density at radius 3 is 3.06 bits per heavy atom. The zero-order chi connectivity index (χ0) is 11.8. The molecule has 6 nitrogen and oxygen atoms in total. The topological polar surface area (TPSA) is 72.3 Å². The maximum atomic E-state index is 5.78. The molecule has 3 heterocycles. The van der Waals surface area contributed by atoms with Gasteiger partial charge in [0.05, 0.1) is 0 Å². The van der Waals surface area contributed by atoms with Gasteiger partial charge < -0.3 is 10.6 Å². The van der Waals surface area contributed by atoms with E-state index in [0.29, 0.717) is 17.5 Å². The predicted octanol–water partition coefficient (Wildman–Crippen LogP) is 1.09. The second kappa shape index (κ2) is 3.87. The summed E-state index contributed by atoms with van der Waals surface area (Å²) in [5.74, 6) is 1.30. The summed E-state index contributed by atoms with van der Waals surface area (Å²) in [5.41, 5.74) is 6.42. The lowest BCUT2D eigenvalue weighted by atomic mass is 10.0. The fraction of sp³-hybridized carbons (Fsp3) is 0.545. The summed E-state index contributed by atoms with van der Waals surface area (Å²) in [5, 5.41) is 8.36. The molecule has 1 aliphatic heterocycles. The molecule has 6 heteroatoms. The van der Waals surface area contributed by atoms with Gasteiger partial charge in [0.2, 0.25) is 11.6 Å². The molecule has 90 valence electrons. The maximum Gasteiger partial charge on any atom is 0.232 e. The smallest absolute Gasteiger partial charge is 0.232 e. The van der Waals surface area contributed by atoms with Gasteiger partial charge in [-0.3, -0.25) is 4.40 Å². The molecule has 17 heavy (non-hydrogen) atoms. The molecule has 0 radical (unpaired) electrons. The molecule has 0 spiro atoms. The third-order valence-electron chi connectivity index (χ3n) is 3.40. The van der Waals surface area contributed by atoms with Crippen molar-refractivity contribution >= 4 is 17.4 Å². The molecule has 0 unspecified atom stereocenters. The summed E-state index contributed by atoms with van der Waals surface area (Å²) < 4.78 is 1.92. The van der Waals surface area contributed by atoms with Crippen molar-refractivity contribution in [3.05, 3.63) is 12.4 Å². The van der Waals surface area contributed by atoms with Crippen LogP contribution in [0.5, 0.6) is 0 Å². The van der Waals surface area contributed by atoms with Crippen LogP contribution in [0, 0.1) is 0 Å². The molecule has 1 fully saturated rings. The third-order valence-corrected chi connectivity index (χ3v) is 3.40. The summed E-state index contributed by atoms with van der Waals surface area (Å²) in [6, 6.07) is 0.505. The van der Waals surface area contributed by atoms with Gasteiger partial charge in [-0.15, -0.1) is 10.2 Å². The van der Waals surface area contributed by atoms with E-state index in [1.165, 1.54) is 19.3 Å². The third kappa shape index (κ3) is 1.60. The molecule has 0 aromatic carbocycles. The van der Waals surface area contributed by atoms with Crippen molar-refractivity contribution < 1.29 is 0 Å². The Morgan fingerprint density at radius 2 is 2.24 bits per heavy atom. The van der Waals surface area contributed by atoms with Crippen molar-refractivity contribution in [3.8, 4) is 0 Å². The first-order valence-electron chi connectivity index (χ1n) is 5.99. The molecule has 0 amide bonds. The van der Waals surface area contributed by atoms with Gasteiger partial charge in [-0.2, -0.15) is 0 Å². The number of nitrogen functional groups attached to an aromatic ring is 1. The van der Waals surface area contributed by atoms with Crippen molar-refractivity contribution in [3.63, 3.8) is 0 Å². The quantitative estimate of drug-likeness (QED) is 0.796. The zero-order valence-corrected chi connectivity index (χ0v) is 9.87. The first kappa shape index (κ1) is 10.3. The number of fused-ring (bicyclic) bond motifs is 1. The first-order valence-corrected chi connectivity index (χ1v) is 5.99. The largest absolute Gasteiger partial charge is 0.381 e. The minimum atomic E-state index is 0.427. The average molecular weight is 232 g/mol. The molecule has 0 bridgehead atoms. The Kier molecular flexibility index (Phi) is 2.35. The van der Waals surface area contributed by atoms with Crippen molar-refractivity contribution in [1.82, 2.24) is 19.6 Å². The molecule has 3 rings (SSSR count). The minimum Gasteiger partial charge on any atom is -0.381 e. The molecule has 0 aliphatic carbocycles. The maximum absolute atomic E-state index is 5.78. The van der Waals surface area contributed by atoms with Crippen LogP contribution in [-0.2, 0) is 0 Å². The summed E-state index contributed by atoms with van der Waals surface area (Å²) in [7, 11) is 0. The van der Waals surface area contributed by atoms with Crippen LogP contribution in [0.1, 0.15) is 26.2 Å². The van der Waals surface area contributed by atoms with Crippen LogP contribution in [0.3, 0.4) is 0 Å². The summed E-state index contributed by atoms with van der Waals surface area (Å²) in [6.45, 7) is 3.26. The van der Waals surface area contributed by atoms with E-state index >= 15 is 0 Å². The lowest BCUT2D eigenvalue weighted by molar-refractivity contribution is 0.476. The standard InChI is InChI=1S/C11H16N6/c1-8-4-2-3-6-16(8)11-15-14-10-9(12)13-5-7-17(10)11/h5,7-8H,2-4,6H2,1H3,(H2,12,13)/t8-/m1/s1. The average Bonchev–Trinajstić information content (AvgIpc) is 2.75. The van der Waals surface area contributed by atoms with E-state index in [-0.39, 0.29) is 0 Å². The van der Waals surface area contributed by atoms with Crippen LogP contribution in [0.25, 0.3) is 5.65 Å². The fourth-order valence-corrected chi connectivity index (χ4v) is 2.42. The Labute approximate surface area is 99.5 Å². The highest BCUT2D eigenvalue weighted by molar-refractivity contribution is 5.61. The monoisotopic (exact) mass is 232 g/mol. The van der Waals surface area contributed by atoms with Crippen LogP contribution in [0.2, 0.25) is 0 Å². The van der Waals surface area contributed by atoms with Gasteiger partial charge in [-0.05, 0) is 26.2 Å². The van der Waals surface area contributed by atoms with Gasteiger partial charge in [0, 0.05) is 25.0 Å². The SMILES string of the molecule is C[C@@H]1CCCCN1c1nnc2c(N)nccn12. The minimum absolute atomic E-state index is 0.427. The highest BCUT2D eigenvalue weighted by Gasteiger charge is 2.23. The Balaban J connectivity index is 2.08. The van der Waals surface area contributed by atoms with E-state index in [0.717, 1.165) is 12.5 Å². The van der Waals surface area contributed by atoms with E-state index in [1.54, 1.807) is 6.20 Å². The number of hydrogen-bond donors (Lipinski definition) is 1. The highest BCUT2D eigenvalue weighted by Crippen LogP contribution is 2.24. The lowest BCUT2D eigenvalue weighted by Crippen LogP contribution is -2.38. The second-order valence-corrected chi connectivity index (χ2v) is 4.54. The van der Waals surface area contributed by atoms with Gasteiger partial charge in [0.1, 0.15) is 0 Å². The van der Waals surface area contributed by atoms with E-state index in [2.05, 4.69) is 27.0 Å². The number of rotatable bonds is 1. The number of nitrogens with zero attached hydrogens (tertiary/aromatic N) is 5. The van der Waals surface area contributed by atoms with Crippen LogP contribution in [0.4, 0.5) is 11.8 Å². The molecule has 2 aromatic heterocycles. The molecule has 2 aromatic rings. The van der Waals surface area contributed by atoms with Crippen molar-refractivity contribution in [1.29, 1.82) is 0 Å². The van der Waals surface area contributed by atoms with Gasteiger partial charge in [0.15, 0.2) is 5.82 Å². The second-order valence-electron chi connectivity index (χ2n) is 4.54. The molecule has 1 aliphatic rings. The van der Waals surface area contributed by atoms with E-state index in [9.17, 15) is 0 Å². The molecule has 0 saturated carbocycles. The number of piperidine rings is 1. The van der Waals surface area contributed by atoms with Gasteiger partial charge in [-0.1, -0.05) is 0 Å². The van der Waals surface area contributed by atoms with Gasteiger partial charge in [-0.25, -0.2) is 4.98 Å². The first-order chi connectivity index (χ1) is 8.27. The Bertz CT molecular complexity index is 534. The number of anilines is 2. The summed E-state index contributed by atoms with van der Waals surface area (Å²) >= 11 is 0. The molecule has 1 saturated heterocycles. The lowest BCUT2D eigenvalue weighted by Gasteiger charge is -2.33. The van der Waals surface area contributed by atoms with Crippen molar-refractivity contribution in [2.24, 2.45) is 0 Å². The van der Waals surface area contributed by atoms with E-state index in [1.807, 2.05) is 10.6 Å². The van der Waals surface area contributed by atoms with Crippen LogP contribution in [0.15, 0.2) is 12.4 Å². The molecule has 1 atom stereocenters. The molecular weight excluding hydrogens is 216 g/mol. The van der Waals surface area contributed by atoms with Crippen LogP contribution >= 0.6 is 0 Å². The summed E-state index contributed by atoms with van der Waals surface area (Å²) in [6.07, 6.45) is 7.25. The van der Waals surface area contributed by atoms with E-state index in [4.69, 9.17) is 5.73 Å². The number of aromatic nitrogens is 4. The molecule has 2 N–H and O–H groups in total. The number of nitrogens with two attached hydrogens (primary N) is 1. The zero-order valence-electron chi connectivity index (χ0n) is 9.87. The van der Waals surface area contributed by atoms with Gasteiger partial charge in [0.25, 0.3) is 0 Å². The van der Waals surface area contributed by atoms with E-state index < -0.39 is 0 Å². The fourth-order valence-electron chi connectivity index (χ4n) is 2.42. The summed E-state index contributed by atoms with van der Waals surface area (Å²) in [4.78, 5) is 6.32. The highest BCUT2D eigenvalue weighted by atomic mass is 15.4. The number of hydrogen-bond acceptors (Lipinski definition) is 5. The van der Waals surface area contributed by atoms with Crippen LogP contribution < -0.4 is 10.6 Å². The van der Waals surface area contributed by atoms with Crippen molar-refractivity contribution in [2.75, 3.05) is 17.2 Å². The Hall–Kier alpha value is -1.85. The molecular formula is C11H16N6. The van der Waals surface area contributed by atoms with Crippen LogP contribution in [-0.4, -0.2) is 32.2 Å². The Morgan fingerprint density at radius 1 is 1.35 bits per heavy atom. The van der Waals surface area contributed by atoms with Gasteiger partial charge >= 0.3 is 0 Å². The predicted molar refractivity (Wildman–Crippen MR) is 65.9 cm³/mol.